The number of para-hydroxylation sites is 1. The monoisotopic (exact) mass is 204 g/mol. The number of H-pyrrole nitrogens is 1. The Balaban J connectivity index is 2.63. The molecule has 1 aromatic carbocycles. The van der Waals surface area contributed by atoms with Crippen molar-refractivity contribution >= 4 is 5.97 Å². The van der Waals surface area contributed by atoms with Crippen LogP contribution in [0.15, 0.2) is 41.2 Å². The highest BCUT2D eigenvalue weighted by Gasteiger charge is 2.12. The van der Waals surface area contributed by atoms with Crippen LogP contribution in [0.4, 0.5) is 0 Å². The van der Waals surface area contributed by atoms with Crippen LogP contribution < -0.4 is 5.56 Å². The smallest absolute Gasteiger partial charge is 0.354 e. The largest absolute Gasteiger partial charge is 0.477 e. The number of carboxylic acids is 1. The van der Waals surface area contributed by atoms with E-state index in [4.69, 9.17) is 5.11 Å². The molecule has 2 N–H and O–H groups in total. The molecule has 15 heavy (non-hydrogen) atoms. The Morgan fingerprint density at radius 3 is 2.53 bits per heavy atom. The van der Waals surface area contributed by atoms with Crippen LogP contribution in [0.1, 0.15) is 10.5 Å². The summed E-state index contributed by atoms with van der Waals surface area (Å²) >= 11 is 0. The zero-order valence-electron chi connectivity index (χ0n) is 7.68. The van der Waals surface area contributed by atoms with Crippen molar-refractivity contribution in [1.29, 1.82) is 0 Å². The highest BCUT2D eigenvalue weighted by atomic mass is 16.4. The standard InChI is InChI=1S/C10H8N2O3/c13-9-6-8(10(14)15)12(11-9)7-4-2-1-3-5-7/h1-6H,(H,11,13)(H,14,15). The molecule has 0 aliphatic rings. The minimum absolute atomic E-state index is 0.0776. The molecule has 5 heteroatoms. The summed E-state index contributed by atoms with van der Waals surface area (Å²) in [4.78, 5) is 21.9. The highest BCUT2D eigenvalue weighted by Crippen LogP contribution is 2.07. The van der Waals surface area contributed by atoms with Gasteiger partial charge in [0, 0.05) is 6.07 Å². The Kier molecular flexibility index (Phi) is 2.13. The van der Waals surface area contributed by atoms with Gasteiger partial charge in [0.05, 0.1) is 5.69 Å². The molecule has 1 aromatic heterocycles. The van der Waals surface area contributed by atoms with E-state index in [0.717, 1.165) is 6.07 Å². The van der Waals surface area contributed by atoms with E-state index in [2.05, 4.69) is 5.10 Å². The number of carbonyl (C=O) groups is 1. The number of aromatic carboxylic acids is 1. The van der Waals surface area contributed by atoms with Crippen molar-refractivity contribution < 1.29 is 9.90 Å². The minimum Gasteiger partial charge on any atom is -0.477 e. The average Bonchev–Trinajstić information content (AvgIpc) is 2.62. The predicted molar refractivity (Wildman–Crippen MR) is 53.3 cm³/mol. The Hall–Kier alpha value is -2.30. The number of aromatic nitrogens is 2. The van der Waals surface area contributed by atoms with E-state index in [-0.39, 0.29) is 5.69 Å². The summed E-state index contributed by atoms with van der Waals surface area (Å²) in [5.41, 5.74) is 0.0967. The molecule has 2 aromatic rings. The van der Waals surface area contributed by atoms with Gasteiger partial charge in [-0.25, -0.2) is 9.48 Å². The molecule has 0 aliphatic heterocycles. The van der Waals surface area contributed by atoms with Gasteiger partial charge in [-0.3, -0.25) is 9.89 Å². The van der Waals surface area contributed by atoms with Crippen LogP contribution in [0.25, 0.3) is 5.69 Å². The average molecular weight is 204 g/mol. The van der Waals surface area contributed by atoms with Gasteiger partial charge >= 0.3 is 5.97 Å². The van der Waals surface area contributed by atoms with Crippen LogP contribution in [0, 0.1) is 0 Å². The molecule has 2 rings (SSSR count). The summed E-state index contributed by atoms with van der Waals surface area (Å²) < 4.78 is 1.24. The van der Waals surface area contributed by atoms with Crippen molar-refractivity contribution in [2.24, 2.45) is 0 Å². The quantitative estimate of drug-likeness (QED) is 0.761. The number of aromatic amines is 1. The first-order valence-electron chi connectivity index (χ1n) is 4.29. The van der Waals surface area contributed by atoms with Crippen LogP contribution >= 0.6 is 0 Å². The number of nitrogens with zero attached hydrogens (tertiary/aromatic N) is 1. The molecule has 0 spiro atoms. The van der Waals surface area contributed by atoms with Gasteiger partial charge in [0.2, 0.25) is 0 Å². The first kappa shape index (κ1) is 9.26. The molecule has 0 aliphatic carbocycles. The molecule has 0 radical (unpaired) electrons. The van der Waals surface area contributed by atoms with E-state index in [1.165, 1.54) is 4.68 Å². The third-order valence-corrected chi connectivity index (χ3v) is 1.96. The van der Waals surface area contributed by atoms with Crippen molar-refractivity contribution in [3.63, 3.8) is 0 Å². The second-order valence-electron chi connectivity index (χ2n) is 2.98. The normalized spacial score (nSPS) is 10.1. The lowest BCUT2D eigenvalue weighted by Crippen LogP contribution is -2.08. The number of rotatable bonds is 2. The second kappa shape index (κ2) is 3.45. The molecular weight excluding hydrogens is 196 g/mol. The Labute approximate surface area is 84.6 Å². The highest BCUT2D eigenvalue weighted by molar-refractivity contribution is 5.86. The third kappa shape index (κ3) is 1.67. The van der Waals surface area contributed by atoms with E-state index in [1.54, 1.807) is 24.3 Å². The number of benzene rings is 1. The molecule has 5 nitrogen and oxygen atoms in total. The topological polar surface area (TPSA) is 75.1 Å². The first-order valence-corrected chi connectivity index (χ1v) is 4.29. The maximum Gasteiger partial charge on any atom is 0.354 e. The fourth-order valence-electron chi connectivity index (χ4n) is 1.33. The number of hydrogen-bond acceptors (Lipinski definition) is 2. The predicted octanol–water partition coefficient (Wildman–Crippen LogP) is 0.864. The Morgan fingerprint density at radius 2 is 1.93 bits per heavy atom. The molecule has 76 valence electrons. The summed E-state index contributed by atoms with van der Waals surface area (Å²) in [5, 5.41) is 11.3. The maximum atomic E-state index is 11.0. The van der Waals surface area contributed by atoms with Gasteiger partial charge in [-0.05, 0) is 12.1 Å². The van der Waals surface area contributed by atoms with Crippen LogP contribution in [-0.4, -0.2) is 20.9 Å². The van der Waals surface area contributed by atoms with Crippen LogP contribution in [0.5, 0.6) is 0 Å². The number of hydrogen-bond donors (Lipinski definition) is 2. The van der Waals surface area contributed by atoms with Gasteiger partial charge in [-0.2, -0.15) is 0 Å². The van der Waals surface area contributed by atoms with Gasteiger partial charge in [0.25, 0.3) is 5.56 Å². The van der Waals surface area contributed by atoms with Crippen molar-refractivity contribution in [2.45, 2.75) is 0 Å². The minimum atomic E-state index is -1.14. The molecule has 0 unspecified atom stereocenters. The molecule has 1 heterocycles. The summed E-state index contributed by atoms with van der Waals surface area (Å²) in [6.07, 6.45) is 0. The van der Waals surface area contributed by atoms with E-state index in [1.807, 2.05) is 6.07 Å². The first-order chi connectivity index (χ1) is 7.18. The molecule has 0 fully saturated rings. The van der Waals surface area contributed by atoms with Crippen LogP contribution in [0.3, 0.4) is 0 Å². The molecule has 0 atom stereocenters. The van der Waals surface area contributed by atoms with Gasteiger partial charge < -0.3 is 5.11 Å². The molecule has 0 bridgehead atoms. The lowest BCUT2D eigenvalue weighted by Gasteiger charge is -2.03. The summed E-state index contributed by atoms with van der Waals surface area (Å²) in [7, 11) is 0. The van der Waals surface area contributed by atoms with Crippen molar-refractivity contribution in [3.05, 3.63) is 52.4 Å². The van der Waals surface area contributed by atoms with E-state index in [0.29, 0.717) is 5.69 Å². The van der Waals surface area contributed by atoms with Gasteiger partial charge in [0.15, 0.2) is 5.69 Å². The second-order valence-corrected chi connectivity index (χ2v) is 2.98. The lowest BCUT2D eigenvalue weighted by atomic mass is 10.3. The summed E-state index contributed by atoms with van der Waals surface area (Å²) in [6.45, 7) is 0. The fraction of sp³-hybridized carbons (Fsp3) is 0. The molecular formula is C10H8N2O3. The van der Waals surface area contributed by atoms with Crippen molar-refractivity contribution in [3.8, 4) is 5.69 Å². The lowest BCUT2D eigenvalue weighted by molar-refractivity contribution is 0.0687. The van der Waals surface area contributed by atoms with E-state index >= 15 is 0 Å². The SMILES string of the molecule is O=C(O)c1cc(=O)[nH]n1-c1ccccc1. The van der Waals surface area contributed by atoms with Crippen LogP contribution in [0.2, 0.25) is 0 Å². The Morgan fingerprint density at radius 1 is 1.27 bits per heavy atom. The Bertz CT molecular complexity index is 539. The van der Waals surface area contributed by atoms with Crippen LogP contribution in [-0.2, 0) is 0 Å². The maximum absolute atomic E-state index is 11.0. The molecule has 0 amide bonds. The zero-order valence-corrected chi connectivity index (χ0v) is 7.68. The summed E-state index contributed by atoms with van der Waals surface area (Å²) in [6, 6.07) is 9.81. The van der Waals surface area contributed by atoms with Crippen molar-refractivity contribution in [2.75, 3.05) is 0 Å². The van der Waals surface area contributed by atoms with Crippen molar-refractivity contribution in [1.82, 2.24) is 9.78 Å². The third-order valence-electron chi connectivity index (χ3n) is 1.96. The van der Waals surface area contributed by atoms with Gasteiger partial charge in [0.1, 0.15) is 0 Å². The van der Waals surface area contributed by atoms with Gasteiger partial charge in [-0.1, -0.05) is 18.2 Å². The molecule has 0 saturated carbocycles. The number of nitrogens with one attached hydrogen (secondary N) is 1. The van der Waals surface area contributed by atoms with E-state index < -0.39 is 11.5 Å². The summed E-state index contributed by atoms with van der Waals surface area (Å²) in [5.74, 6) is -1.14. The fourth-order valence-corrected chi connectivity index (χ4v) is 1.33. The molecule has 0 saturated heterocycles. The number of carboxylic acid groups (broad SMARTS) is 1. The zero-order chi connectivity index (χ0) is 10.8. The van der Waals surface area contributed by atoms with E-state index in [9.17, 15) is 9.59 Å². The van der Waals surface area contributed by atoms with Gasteiger partial charge in [-0.15, -0.1) is 0 Å².